The molecule has 1 rings (SSSR count). The summed E-state index contributed by atoms with van der Waals surface area (Å²) in [5.41, 5.74) is 1.14. The maximum atomic E-state index is 3.28. The molecule has 0 bridgehead atoms. The summed E-state index contributed by atoms with van der Waals surface area (Å²) in [5, 5.41) is 0. The van der Waals surface area contributed by atoms with Gasteiger partial charge in [0.05, 0.1) is 0 Å². The molecule has 0 atom stereocenters. The molecule has 0 heterocycles. The van der Waals surface area contributed by atoms with Crippen molar-refractivity contribution in [2.24, 2.45) is 0 Å². The van der Waals surface area contributed by atoms with E-state index >= 15 is 0 Å². The molecule has 0 unspecified atom stereocenters. The van der Waals surface area contributed by atoms with E-state index in [4.69, 9.17) is 0 Å². The zero-order chi connectivity index (χ0) is 8.10. The van der Waals surface area contributed by atoms with Crippen molar-refractivity contribution in [3.05, 3.63) is 35.9 Å². The van der Waals surface area contributed by atoms with E-state index in [-0.39, 0.29) is 0 Å². The molecule has 0 nitrogen and oxygen atoms in total. The monoisotopic (exact) mass is 205 g/mol. The van der Waals surface area contributed by atoms with Crippen molar-refractivity contribution >= 4 is 14.3 Å². The van der Waals surface area contributed by atoms with Crippen molar-refractivity contribution in [1.82, 2.24) is 0 Å². The fraction of sp³-hybridized carbons (Fsp3) is 0.200. The van der Waals surface area contributed by atoms with E-state index < -0.39 is 14.3 Å². The normalized spacial score (nSPS) is 9.00. The molecule has 0 spiro atoms. The Bertz CT molecular complexity index is 264. The van der Waals surface area contributed by atoms with Gasteiger partial charge in [0.25, 0.3) is 0 Å². The van der Waals surface area contributed by atoms with Crippen molar-refractivity contribution in [1.29, 1.82) is 0 Å². The van der Waals surface area contributed by atoms with Gasteiger partial charge in [0.15, 0.2) is 0 Å². The third-order valence-corrected chi connectivity index (χ3v) is 2.54. The molecule has 0 saturated carbocycles. The zero-order valence-electron chi connectivity index (χ0n) is 6.89. The van der Waals surface area contributed by atoms with Crippen LogP contribution in [0.25, 0.3) is 0 Å². The summed E-state index contributed by atoms with van der Waals surface area (Å²) in [6, 6.07) is 10.2. The maximum absolute atomic E-state index is 3.28. The summed E-state index contributed by atoms with van der Waals surface area (Å²) < 4.78 is 3.28. The summed E-state index contributed by atoms with van der Waals surface area (Å²) in [6.45, 7) is 0. The second kappa shape index (κ2) is 4.25. The van der Waals surface area contributed by atoms with Gasteiger partial charge < -0.3 is 0 Å². The van der Waals surface area contributed by atoms with Crippen LogP contribution < -0.4 is 0 Å². The van der Waals surface area contributed by atoms with Gasteiger partial charge in [0.2, 0.25) is 0 Å². The topological polar surface area (TPSA) is 0 Å². The molecule has 11 heavy (non-hydrogen) atoms. The molecule has 0 aliphatic rings. The van der Waals surface area contributed by atoms with Crippen LogP contribution in [-0.2, 0) is 0 Å². The fourth-order valence-electron chi connectivity index (χ4n) is 0.719. The van der Waals surface area contributed by atoms with E-state index in [1.54, 1.807) is 0 Å². The van der Waals surface area contributed by atoms with Gasteiger partial charge >= 0.3 is 72.4 Å². The molecule has 0 fully saturated rings. The first kappa shape index (κ1) is 8.42. The zero-order valence-corrected chi connectivity index (χ0v) is 8.98. The van der Waals surface area contributed by atoms with Gasteiger partial charge in [0.1, 0.15) is 0 Å². The Kier molecular flexibility index (Phi) is 3.26. The molecule has 0 aromatic heterocycles. The number of rotatable bonds is 0. The van der Waals surface area contributed by atoms with Crippen molar-refractivity contribution in [2.45, 2.75) is 11.5 Å². The first-order valence-corrected chi connectivity index (χ1v) is 8.91. The molecule has 1 aromatic rings. The van der Waals surface area contributed by atoms with E-state index in [1.165, 1.54) is 0 Å². The van der Waals surface area contributed by atoms with Crippen LogP contribution in [0.2, 0.25) is 11.5 Å². The van der Waals surface area contributed by atoms with Crippen LogP contribution in [0.3, 0.4) is 0 Å². The molecule has 0 N–H and O–H groups in total. The number of hydrogen-bond acceptors (Lipinski definition) is 0. The van der Waals surface area contributed by atoms with Crippen molar-refractivity contribution in [3.63, 3.8) is 0 Å². The molecule has 1 radical (unpaired) electrons. The summed E-state index contributed by atoms with van der Waals surface area (Å²) >= 11 is -0.932. The van der Waals surface area contributed by atoms with Crippen LogP contribution in [0.15, 0.2) is 30.3 Å². The third kappa shape index (κ3) is 3.29. The standard InChI is InChI=1S/C10H11Ge/c1-11(2)9-8-10-6-4-3-5-7-10/h3-7H,1-2H3. The first-order chi connectivity index (χ1) is 5.29. The molecule has 55 valence electrons. The molecule has 0 aliphatic carbocycles. The van der Waals surface area contributed by atoms with E-state index in [0.717, 1.165) is 5.56 Å². The van der Waals surface area contributed by atoms with Crippen LogP contribution >= 0.6 is 0 Å². The quantitative estimate of drug-likeness (QED) is 0.449. The average Bonchev–Trinajstić information content (AvgIpc) is 2.03. The van der Waals surface area contributed by atoms with Crippen molar-refractivity contribution in [2.75, 3.05) is 0 Å². The van der Waals surface area contributed by atoms with E-state index in [9.17, 15) is 0 Å². The Morgan fingerprint density at radius 2 is 1.73 bits per heavy atom. The van der Waals surface area contributed by atoms with E-state index in [2.05, 4.69) is 22.2 Å². The van der Waals surface area contributed by atoms with Crippen LogP contribution in [0.1, 0.15) is 5.56 Å². The van der Waals surface area contributed by atoms with Gasteiger partial charge in [0, 0.05) is 0 Å². The molecular weight excluding hydrogens is 193 g/mol. The van der Waals surface area contributed by atoms with Gasteiger partial charge in [-0.1, -0.05) is 0 Å². The molecule has 0 amide bonds. The molecule has 1 aromatic carbocycles. The van der Waals surface area contributed by atoms with E-state index in [1.807, 2.05) is 30.3 Å². The van der Waals surface area contributed by atoms with Gasteiger partial charge in [-0.25, -0.2) is 0 Å². The Labute approximate surface area is 72.7 Å². The minimum absolute atomic E-state index is 0.932. The Morgan fingerprint density at radius 1 is 1.09 bits per heavy atom. The minimum atomic E-state index is -0.932. The second-order valence-corrected chi connectivity index (χ2v) is 7.34. The summed E-state index contributed by atoms with van der Waals surface area (Å²) in [5.74, 6) is 7.69. The predicted octanol–water partition coefficient (Wildman–Crippen LogP) is 2.33. The second-order valence-electron chi connectivity index (χ2n) is 2.62. The van der Waals surface area contributed by atoms with Gasteiger partial charge in [-0.05, 0) is 0 Å². The summed E-state index contributed by atoms with van der Waals surface area (Å²) in [4.78, 5) is 0. The fourth-order valence-corrected chi connectivity index (χ4v) is 1.55. The van der Waals surface area contributed by atoms with Gasteiger partial charge in [-0.2, -0.15) is 0 Å². The SMILES string of the molecule is [CH3][Ge]([CH3])[C]#Cc1ccccc1. The Balaban J connectivity index is 2.75. The molecule has 0 saturated heterocycles. The van der Waals surface area contributed by atoms with Crippen LogP contribution in [0.5, 0.6) is 0 Å². The predicted molar refractivity (Wildman–Crippen MR) is 50.8 cm³/mol. The molecule has 0 aliphatic heterocycles. The number of benzene rings is 1. The van der Waals surface area contributed by atoms with Crippen LogP contribution in [-0.4, -0.2) is 14.3 Å². The molecule has 1 heteroatoms. The van der Waals surface area contributed by atoms with Crippen molar-refractivity contribution < 1.29 is 0 Å². The van der Waals surface area contributed by atoms with Crippen LogP contribution in [0.4, 0.5) is 0 Å². The van der Waals surface area contributed by atoms with Gasteiger partial charge in [-0.3, -0.25) is 0 Å². The van der Waals surface area contributed by atoms with Crippen LogP contribution in [0, 0.1) is 10.7 Å². The summed E-state index contributed by atoms with van der Waals surface area (Å²) in [6.07, 6.45) is 0. The number of hydrogen-bond donors (Lipinski definition) is 0. The Hall–Kier alpha value is -0.677. The first-order valence-electron chi connectivity index (χ1n) is 3.66. The Morgan fingerprint density at radius 3 is 2.27 bits per heavy atom. The van der Waals surface area contributed by atoms with Gasteiger partial charge in [-0.15, -0.1) is 0 Å². The van der Waals surface area contributed by atoms with Crippen molar-refractivity contribution in [3.8, 4) is 10.7 Å². The average molecular weight is 204 g/mol. The molecular formula is C10H11Ge. The van der Waals surface area contributed by atoms with E-state index in [0.29, 0.717) is 0 Å². The third-order valence-electron chi connectivity index (χ3n) is 1.23. The summed E-state index contributed by atoms with van der Waals surface area (Å²) in [7, 11) is 0.